The van der Waals surface area contributed by atoms with E-state index >= 15 is 0 Å². The van der Waals surface area contributed by atoms with E-state index in [0.29, 0.717) is 5.15 Å². The summed E-state index contributed by atoms with van der Waals surface area (Å²) in [4.78, 5) is 4.44. The Morgan fingerprint density at radius 2 is 1.79 bits per heavy atom. The first-order chi connectivity index (χ1) is 11.7. The molecule has 3 heterocycles. The maximum absolute atomic E-state index is 6.22. The molecule has 5 nitrogen and oxygen atoms in total. The summed E-state index contributed by atoms with van der Waals surface area (Å²) < 4.78 is 3.63. The Bertz CT molecular complexity index is 984. The number of nitrogens with zero attached hydrogens (tertiary/aromatic N) is 5. The van der Waals surface area contributed by atoms with Gasteiger partial charge in [-0.1, -0.05) is 42.8 Å². The second kappa shape index (κ2) is 6.09. The molecule has 0 fully saturated rings. The summed E-state index contributed by atoms with van der Waals surface area (Å²) in [6, 6.07) is 10.4. The Morgan fingerprint density at radius 3 is 2.58 bits per heavy atom. The lowest BCUT2D eigenvalue weighted by Gasteiger charge is -2.03. The lowest BCUT2D eigenvalue weighted by Crippen LogP contribution is -1.99. The number of hydrogen-bond acceptors (Lipinski definition) is 3. The highest BCUT2D eigenvalue weighted by Crippen LogP contribution is 2.22. The van der Waals surface area contributed by atoms with Crippen LogP contribution >= 0.6 is 11.6 Å². The van der Waals surface area contributed by atoms with Crippen LogP contribution in [-0.4, -0.2) is 24.4 Å². The second-order valence-electron chi connectivity index (χ2n) is 5.67. The van der Waals surface area contributed by atoms with E-state index in [9.17, 15) is 0 Å². The van der Waals surface area contributed by atoms with E-state index in [-0.39, 0.29) is 0 Å². The van der Waals surface area contributed by atoms with Gasteiger partial charge in [-0.3, -0.25) is 4.68 Å². The quantitative estimate of drug-likeness (QED) is 0.568. The molecule has 0 saturated heterocycles. The molecule has 1 aromatic carbocycles. The Labute approximate surface area is 144 Å². The van der Waals surface area contributed by atoms with Crippen molar-refractivity contribution in [3.8, 4) is 11.3 Å². The number of halogens is 1. The monoisotopic (exact) mass is 337 g/mol. The average Bonchev–Trinajstić information content (AvgIpc) is 3.25. The smallest absolute Gasteiger partial charge is 0.155 e. The summed E-state index contributed by atoms with van der Waals surface area (Å²) in [5, 5.41) is 9.09. The molecule has 0 N–H and O–H groups in total. The zero-order valence-corrected chi connectivity index (χ0v) is 14.0. The molecule has 0 bridgehead atoms. The third kappa shape index (κ3) is 2.78. The first-order valence-corrected chi connectivity index (χ1v) is 8.21. The molecule has 24 heavy (non-hydrogen) atoms. The summed E-state index contributed by atoms with van der Waals surface area (Å²) in [6.45, 7) is 2.88. The van der Waals surface area contributed by atoms with E-state index in [2.05, 4.69) is 46.4 Å². The van der Waals surface area contributed by atoms with Gasteiger partial charge in [0.15, 0.2) is 5.15 Å². The summed E-state index contributed by atoms with van der Waals surface area (Å²) in [7, 11) is 0. The molecule has 120 valence electrons. The standard InChI is InChI=1S/C18H16ClN5/c1-2-13-3-5-14(6-4-13)10-23-11-15(9-21-23)16-12-24-17(7-8-20-24)18(19)22-16/h3-9,11-12H,2,10H2,1H3. The van der Waals surface area contributed by atoms with Gasteiger partial charge in [-0.15, -0.1) is 0 Å². The van der Waals surface area contributed by atoms with Gasteiger partial charge in [-0.05, 0) is 23.6 Å². The minimum atomic E-state index is 0.438. The van der Waals surface area contributed by atoms with Gasteiger partial charge in [0.1, 0.15) is 5.52 Å². The molecule has 6 heteroatoms. The average molecular weight is 338 g/mol. The molecule has 0 aliphatic rings. The Kier molecular flexibility index (Phi) is 3.78. The third-order valence-electron chi connectivity index (χ3n) is 4.05. The van der Waals surface area contributed by atoms with Crippen molar-refractivity contribution in [3.63, 3.8) is 0 Å². The Balaban J connectivity index is 1.61. The number of benzene rings is 1. The molecule has 0 aliphatic carbocycles. The molecule has 4 rings (SSSR count). The number of fused-ring (bicyclic) bond motifs is 1. The van der Waals surface area contributed by atoms with Gasteiger partial charge < -0.3 is 0 Å². The molecule has 0 radical (unpaired) electrons. The van der Waals surface area contributed by atoms with Crippen LogP contribution in [0.3, 0.4) is 0 Å². The Hall–Kier alpha value is -2.66. The predicted molar refractivity (Wildman–Crippen MR) is 94.1 cm³/mol. The zero-order chi connectivity index (χ0) is 16.5. The number of hydrogen-bond donors (Lipinski definition) is 0. The third-order valence-corrected chi connectivity index (χ3v) is 4.33. The second-order valence-corrected chi connectivity index (χ2v) is 6.03. The molecule has 0 saturated carbocycles. The van der Waals surface area contributed by atoms with Gasteiger partial charge in [0, 0.05) is 11.8 Å². The molecule has 4 aromatic rings. The first-order valence-electron chi connectivity index (χ1n) is 7.83. The fraction of sp³-hybridized carbons (Fsp3) is 0.167. The molecule has 0 atom stereocenters. The van der Waals surface area contributed by atoms with Crippen molar-refractivity contribution < 1.29 is 0 Å². The van der Waals surface area contributed by atoms with Crippen LogP contribution in [0.2, 0.25) is 5.15 Å². The summed E-state index contributed by atoms with van der Waals surface area (Å²) in [6.07, 6.45) is 8.39. The Morgan fingerprint density at radius 1 is 1.00 bits per heavy atom. The van der Waals surface area contributed by atoms with Crippen molar-refractivity contribution >= 4 is 17.1 Å². The van der Waals surface area contributed by atoms with Crippen molar-refractivity contribution in [1.82, 2.24) is 24.4 Å². The van der Waals surface area contributed by atoms with Gasteiger partial charge >= 0.3 is 0 Å². The normalized spacial score (nSPS) is 11.2. The highest BCUT2D eigenvalue weighted by molar-refractivity contribution is 6.32. The summed E-state index contributed by atoms with van der Waals surface area (Å²) >= 11 is 6.22. The van der Waals surface area contributed by atoms with Crippen LogP contribution in [-0.2, 0) is 13.0 Å². The lowest BCUT2D eigenvalue weighted by atomic mass is 10.1. The molecule has 0 aliphatic heterocycles. The highest BCUT2D eigenvalue weighted by atomic mass is 35.5. The number of aryl methyl sites for hydroxylation is 1. The van der Waals surface area contributed by atoms with Crippen LogP contribution in [0.1, 0.15) is 18.1 Å². The van der Waals surface area contributed by atoms with Crippen LogP contribution in [0.15, 0.2) is 55.1 Å². The summed E-state index contributed by atoms with van der Waals surface area (Å²) in [5.41, 5.74) is 5.02. The predicted octanol–water partition coefficient (Wildman–Crippen LogP) is 3.86. The van der Waals surface area contributed by atoms with Gasteiger partial charge in [0.2, 0.25) is 0 Å². The topological polar surface area (TPSA) is 48.0 Å². The van der Waals surface area contributed by atoms with Gasteiger partial charge in [0.25, 0.3) is 0 Å². The number of rotatable bonds is 4. The maximum Gasteiger partial charge on any atom is 0.155 e. The van der Waals surface area contributed by atoms with Crippen molar-refractivity contribution in [1.29, 1.82) is 0 Å². The first kappa shape index (κ1) is 14.9. The fourth-order valence-corrected chi connectivity index (χ4v) is 2.92. The molecular weight excluding hydrogens is 322 g/mol. The maximum atomic E-state index is 6.22. The molecule has 0 unspecified atom stereocenters. The van der Waals surface area contributed by atoms with E-state index in [4.69, 9.17) is 11.6 Å². The minimum Gasteiger partial charge on any atom is -0.268 e. The van der Waals surface area contributed by atoms with Crippen molar-refractivity contribution in [2.24, 2.45) is 0 Å². The number of aromatic nitrogens is 5. The molecule has 0 amide bonds. The highest BCUT2D eigenvalue weighted by Gasteiger charge is 2.09. The van der Waals surface area contributed by atoms with Crippen LogP contribution in [0.25, 0.3) is 16.8 Å². The van der Waals surface area contributed by atoms with Gasteiger partial charge in [-0.25, -0.2) is 9.50 Å². The lowest BCUT2D eigenvalue weighted by molar-refractivity contribution is 0.687. The van der Waals surface area contributed by atoms with Crippen LogP contribution in [0.4, 0.5) is 0 Å². The van der Waals surface area contributed by atoms with Gasteiger partial charge in [-0.2, -0.15) is 10.2 Å². The molecule has 3 aromatic heterocycles. The van der Waals surface area contributed by atoms with E-state index < -0.39 is 0 Å². The van der Waals surface area contributed by atoms with E-state index in [1.165, 1.54) is 11.1 Å². The van der Waals surface area contributed by atoms with Crippen molar-refractivity contribution in [2.45, 2.75) is 19.9 Å². The zero-order valence-electron chi connectivity index (χ0n) is 13.2. The van der Waals surface area contributed by atoms with Crippen molar-refractivity contribution in [2.75, 3.05) is 0 Å². The van der Waals surface area contributed by atoms with Crippen LogP contribution in [0.5, 0.6) is 0 Å². The van der Waals surface area contributed by atoms with E-state index in [0.717, 1.165) is 29.7 Å². The van der Waals surface area contributed by atoms with Crippen molar-refractivity contribution in [3.05, 3.63) is 71.4 Å². The summed E-state index contributed by atoms with van der Waals surface area (Å²) in [5.74, 6) is 0. The fourth-order valence-electron chi connectivity index (χ4n) is 2.68. The van der Waals surface area contributed by atoms with Crippen LogP contribution in [0, 0.1) is 0 Å². The largest absolute Gasteiger partial charge is 0.268 e. The molecular formula is C18H16ClN5. The SMILES string of the molecule is CCc1ccc(Cn2cc(-c3cn4nccc4c(Cl)n3)cn2)cc1. The van der Waals surface area contributed by atoms with Gasteiger partial charge in [0.05, 0.1) is 30.8 Å². The van der Waals surface area contributed by atoms with E-state index in [1.807, 2.05) is 23.1 Å². The molecule has 0 spiro atoms. The van der Waals surface area contributed by atoms with E-state index in [1.54, 1.807) is 16.9 Å². The van der Waals surface area contributed by atoms with Crippen LogP contribution < -0.4 is 0 Å². The minimum absolute atomic E-state index is 0.438.